The number of rotatable bonds is 6. The summed E-state index contributed by atoms with van der Waals surface area (Å²) in [5, 5.41) is 4.06. The zero-order valence-electron chi connectivity index (χ0n) is 11.6. The van der Waals surface area contributed by atoms with Crippen LogP contribution >= 0.6 is 43.5 Å². The number of hydrogen-bond acceptors (Lipinski definition) is 2. The highest BCUT2D eigenvalue weighted by atomic mass is 79.9. The van der Waals surface area contributed by atoms with E-state index in [9.17, 15) is 0 Å². The molecule has 0 saturated carbocycles. The molecule has 2 rings (SSSR count). The first kappa shape index (κ1) is 16.8. The molecule has 1 N–H and O–H groups in total. The maximum Gasteiger partial charge on any atom is 0.141 e. The van der Waals surface area contributed by atoms with Gasteiger partial charge in [0, 0.05) is 16.0 Å². The fraction of sp³-hybridized carbons (Fsp3) is 0.250. The van der Waals surface area contributed by atoms with Crippen LogP contribution < -0.4 is 10.1 Å². The molecule has 0 amide bonds. The van der Waals surface area contributed by atoms with Gasteiger partial charge < -0.3 is 10.1 Å². The van der Waals surface area contributed by atoms with Crippen molar-refractivity contribution in [2.45, 2.75) is 19.9 Å². The monoisotopic (exact) mass is 431 g/mol. The predicted molar refractivity (Wildman–Crippen MR) is 95.4 cm³/mol. The Labute approximate surface area is 147 Å². The van der Waals surface area contributed by atoms with E-state index < -0.39 is 0 Å². The number of nitrogens with one attached hydrogen (secondary N) is 1. The van der Waals surface area contributed by atoms with E-state index in [2.05, 4.69) is 50.2 Å². The Hall–Kier alpha value is -0.550. The molecule has 5 heteroatoms. The predicted octanol–water partition coefficient (Wildman–Crippen LogP) is 6.16. The van der Waals surface area contributed by atoms with Crippen LogP contribution in [0.4, 0.5) is 0 Å². The van der Waals surface area contributed by atoms with Gasteiger partial charge in [-0.15, -0.1) is 0 Å². The lowest BCUT2D eigenvalue weighted by atomic mass is 10.2. The molecule has 0 spiro atoms. The summed E-state index contributed by atoms with van der Waals surface area (Å²) in [4.78, 5) is 0. The average Bonchev–Trinajstić information content (AvgIpc) is 2.44. The van der Waals surface area contributed by atoms with Gasteiger partial charge in [-0.2, -0.15) is 0 Å². The van der Waals surface area contributed by atoms with Gasteiger partial charge in [-0.3, -0.25) is 0 Å². The second-order valence-electron chi connectivity index (χ2n) is 4.61. The van der Waals surface area contributed by atoms with Crippen LogP contribution in [0.2, 0.25) is 5.02 Å². The van der Waals surface area contributed by atoms with Crippen LogP contribution in [0.5, 0.6) is 11.5 Å². The van der Waals surface area contributed by atoms with E-state index in [1.54, 1.807) is 6.07 Å². The number of ether oxygens (including phenoxy) is 1. The fourth-order valence-electron chi connectivity index (χ4n) is 1.82. The Kier molecular flexibility index (Phi) is 6.55. The number of hydrogen-bond donors (Lipinski definition) is 1. The summed E-state index contributed by atoms with van der Waals surface area (Å²) in [5.74, 6) is 1.52. The van der Waals surface area contributed by atoms with Crippen LogP contribution in [-0.2, 0) is 6.54 Å². The van der Waals surface area contributed by atoms with E-state index >= 15 is 0 Å². The van der Waals surface area contributed by atoms with E-state index in [1.807, 2.05) is 24.3 Å². The van der Waals surface area contributed by atoms with Crippen LogP contribution in [0.1, 0.15) is 18.9 Å². The maximum absolute atomic E-state index is 5.93. The lowest BCUT2D eigenvalue weighted by Gasteiger charge is -2.11. The molecule has 2 aromatic rings. The minimum absolute atomic E-state index is 0.674. The van der Waals surface area contributed by atoms with Gasteiger partial charge in [-0.25, -0.2) is 0 Å². The molecule has 0 bridgehead atoms. The quantitative estimate of drug-likeness (QED) is 0.551. The molecule has 0 aliphatic rings. The van der Waals surface area contributed by atoms with Gasteiger partial charge in [0.05, 0.1) is 4.47 Å². The fourth-order valence-corrected chi connectivity index (χ4v) is 3.08. The normalized spacial score (nSPS) is 10.7. The molecule has 0 unspecified atom stereocenters. The Balaban J connectivity index is 2.09. The van der Waals surface area contributed by atoms with Crippen molar-refractivity contribution in [3.63, 3.8) is 0 Å². The lowest BCUT2D eigenvalue weighted by Crippen LogP contribution is -2.14. The third kappa shape index (κ3) is 4.99. The highest BCUT2D eigenvalue weighted by molar-refractivity contribution is 9.10. The third-order valence-electron chi connectivity index (χ3n) is 2.89. The molecule has 0 radical (unpaired) electrons. The van der Waals surface area contributed by atoms with Gasteiger partial charge in [-0.05, 0) is 64.8 Å². The number of halogens is 3. The van der Waals surface area contributed by atoms with Gasteiger partial charge >= 0.3 is 0 Å². The van der Waals surface area contributed by atoms with Crippen molar-refractivity contribution in [3.05, 3.63) is 55.9 Å². The third-order valence-corrected chi connectivity index (χ3v) is 4.48. The molecular weight excluding hydrogens is 417 g/mol. The van der Waals surface area contributed by atoms with Crippen molar-refractivity contribution < 1.29 is 4.74 Å². The van der Waals surface area contributed by atoms with Crippen molar-refractivity contribution in [3.8, 4) is 11.5 Å². The summed E-state index contributed by atoms with van der Waals surface area (Å²) >= 11 is 13.0. The molecule has 0 heterocycles. The maximum atomic E-state index is 5.93. The highest BCUT2D eigenvalue weighted by Gasteiger charge is 2.06. The summed E-state index contributed by atoms with van der Waals surface area (Å²) in [5.41, 5.74) is 1.21. The molecule has 112 valence electrons. The summed E-state index contributed by atoms with van der Waals surface area (Å²) in [6.45, 7) is 4.02. The zero-order chi connectivity index (χ0) is 15.2. The summed E-state index contributed by atoms with van der Waals surface area (Å²) in [6, 6.07) is 11.5. The molecule has 2 nitrogen and oxygen atoms in total. The van der Waals surface area contributed by atoms with Gasteiger partial charge in [0.15, 0.2) is 0 Å². The van der Waals surface area contributed by atoms with E-state index in [-0.39, 0.29) is 0 Å². The first-order chi connectivity index (χ1) is 10.1. The smallest absolute Gasteiger partial charge is 0.141 e. The highest BCUT2D eigenvalue weighted by Crippen LogP contribution is 2.33. The SMILES string of the molecule is CCCNCc1ccc(Oc2ccc(Cl)cc2Br)cc1Br. The van der Waals surface area contributed by atoms with Crippen LogP contribution in [0, 0.1) is 0 Å². The Morgan fingerprint density at radius 1 is 1.10 bits per heavy atom. The minimum atomic E-state index is 0.674. The van der Waals surface area contributed by atoms with Crippen molar-refractivity contribution in [2.24, 2.45) is 0 Å². The molecule has 21 heavy (non-hydrogen) atoms. The number of benzene rings is 2. The van der Waals surface area contributed by atoms with Crippen LogP contribution in [0.25, 0.3) is 0 Å². The zero-order valence-corrected chi connectivity index (χ0v) is 15.6. The minimum Gasteiger partial charge on any atom is -0.456 e. The Morgan fingerprint density at radius 3 is 2.57 bits per heavy atom. The van der Waals surface area contributed by atoms with Crippen molar-refractivity contribution >= 4 is 43.5 Å². The van der Waals surface area contributed by atoms with E-state index in [4.69, 9.17) is 16.3 Å². The first-order valence-corrected chi connectivity index (χ1v) is 8.68. The van der Waals surface area contributed by atoms with Gasteiger partial charge in [0.2, 0.25) is 0 Å². The van der Waals surface area contributed by atoms with Gasteiger partial charge in [0.25, 0.3) is 0 Å². The Morgan fingerprint density at radius 2 is 1.90 bits per heavy atom. The second kappa shape index (κ2) is 8.18. The molecule has 0 aliphatic carbocycles. The van der Waals surface area contributed by atoms with Crippen molar-refractivity contribution in [1.82, 2.24) is 5.32 Å². The standard InChI is InChI=1S/C16H16Br2ClNO/c1-2-7-20-10-11-3-5-13(9-14(11)17)21-16-6-4-12(19)8-15(16)18/h3-6,8-9,20H,2,7,10H2,1H3. The van der Waals surface area contributed by atoms with Crippen LogP contribution in [0.15, 0.2) is 45.3 Å². The second-order valence-corrected chi connectivity index (χ2v) is 6.75. The topological polar surface area (TPSA) is 21.3 Å². The largest absolute Gasteiger partial charge is 0.456 e. The van der Waals surface area contributed by atoms with Gasteiger partial charge in [-0.1, -0.05) is 40.5 Å². The molecule has 0 atom stereocenters. The first-order valence-electron chi connectivity index (χ1n) is 6.72. The molecule has 0 aliphatic heterocycles. The Bertz CT molecular complexity index is 619. The molecular formula is C16H16Br2ClNO. The van der Waals surface area contributed by atoms with E-state index in [1.165, 1.54) is 5.56 Å². The van der Waals surface area contributed by atoms with E-state index in [0.29, 0.717) is 5.02 Å². The van der Waals surface area contributed by atoms with E-state index in [0.717, 1.165) is 40.0 Å². The molecule has 0 aromatic heterocycles. The molecule has 2 aromatic carbocycles. The van der Waals surface area contributed by atoms with Gasteiger partial charge in [0.1, 0.15) is 11.5 Å². The van der Waals surface area contributed by atoms with Crippen LogP contribution in [0.3, 0.4) is 0 Å². The van der Waals surface area contributed by atoms with Crippen molar-refractivity contribution in [2.75, 3.05) is 6.54 Å². The average molecular weight is 434 g/mol. The van der Waals surface area contributed by atoms with Crippen molar-refractivity contribution in [1.29, 1.82) is 0 Å². The summed E-state index contributed by atoms with van der Waals surface area (Å²) in [6.07, 6.45) is 1.13. The molecule has 0 fully saturated rings. The summed E-state index contributed by atoms with van der Waals surface area (Å²) in [7, 11) is 0. The lowest BCUT2D eigenvalue weighted by molar-refractivity contribution is 0.479. The summed E-state index contributed by atoms with van der Waals surface area (Å²) < 4.78 is 7.74. The molecule has 0 saturated heterocycles. The van der Waals surface area contributed by atoms with Crippen LogP contribution in [-0.4, -0.2) is 6.54 Å².